The monoisotopic (exact) mass is 592 g/mol. The van der Waals surface area contributed by atoms with Gasteiger partial charge >= 0.3 is 0 Å². The van der Waals surface area contributed by atoms with Crippen molar-refractivity contribution in [2.45, 2.75) is 119 Å². The lowest BCUT2D eigenvalue weighted by Crippen LogP contribution is -2.26. The third kappa shape index (κ3) is 5.61. The number of fused-ring (bicyclic) bond motifs is 6. The van der Waals surface area contributed by atoms with Gasteiger partial charge in [0.15, 0.2) is 0 Å². The summed E-state index contributed by atoms with van der Waals surface area (Å²) in [7, 11) is 2.02. The van der Waals surface area contributed by atoms with Crippen LogP contribution in [0.1, 0.15) is 115 Å². The molecule has 0 N–H and O–H groups in total. The molecule has 0 bridgehead atoms. The Labute approximate surface area is 247 Å². The molecule has 0 saturated heterocycles. The Morgan fingerprint density at radius 3 is 1.68 bits per heavy atom. The van der Waals surface area contributed by atoms with Crippen LogP contribution in [0.2, 0.25) is 0 Å². The second kappa shape index (κ2) is 12.8. The van der Waals surface area contributed by atoms with E-state index in [2.05, 4.69) is 56.6 Å². The van der Waals surface area contributed by atoms with E-state index in [0.29, 0.717) is 9.79 Å². The third-order valence-corrected chi connectivity index (χ3v) is 11.8. The van der Waals surface area contributed by atoms with Crippen LogP contribution in [0, 0.1) is 0 Å². The van der Waals surface area contributed by atoms with Crippen molar-refractivity contribution in [1.29, 1.82) is 0 Å². The smallest absolute Gasteiger partial charge is 0.207 e. The van der Waals surface area contributed by atoms with Crippen molar-refractivity contribution in [2.24, 2.45) is 0 Å². The fraction of sp³-hybridized carbons (Fsp3) is 0.486. The average molecular weight is 593 g/mol. The first kappa shape index (κ1) is 29.9. The van der Waals surface area contributed by atoms with E-state index in [1.54, 1.807) is 0 Å². The summed E-state index contributed by atoms with van der Waals surface area (Å²) in [5.41, 5.74) is 6.84. The van der Waals surface area contributed by atoms with Gasteiger partial charge in [-0.3, -0.25) is 0 Å². The van der Waals surface area contributed by atoms with E-state index in [-0.39, 0.29) is 5.41 Å². The van der Waals surface area contributed by atoms with Crippen LogP contribution < -0.4 is 10.6 Å². The summed E-state index contributed by atoms with van der Waals surface area (Å²) in [5.74, 6) is 0. The number of hydrogen-bond donors (Lipinski definition) is 0. The molecule has 2 atom stereocenters. The Bertz CT molecular complexity index is 1460. The summed E-state index contributed by atoms with van der Waals surface area (Å²) >= 11 is 0. The van der Waals surface area contributed by atoms with Gasteiger partial charge in [-0.25, -0.2) is 8.42 Å². The first-order valence-electron chi connectivity index (χ1n) is 15.6. The molecule has 2 unspecified atom stereocenters. The molecule has 0 fully saturated rings. The van der Waals surface area contributed by atoms with Crippen LogP contribution in [0.5, 0.6) is 0 Å². The molecule has 214 valence electrons. The molecule has 2 aliphatic rings. The fourth-order valence-electron chi connectivity index (χ4n) is 7.15. The Hall–Kier alpha value is -1.53. The first-order valence-corrected chi connectivity index (χ1v) is 18.2. The number of sulfone groups is 1. The lowest BCUT2D eigenvalue weighted by molar-refractivity contribution is 0.398. The summed E-state index contributed by atoms with van der Waals surface area (Å²) < 4.78 is 27.5. The van der Waals surface area contributed by atoms with Gasteiger partial charge in [0.25, 0.3) is 0 Å². The molecule has 1 aliphatic carbocycles. The molecule has 0 spiro atoms. The number of benzene rings is 3. The Morgan fingerprint density at radius 1 is 0.550 bits per heavy atom. The van der Waals surface area contributed by atoms with Crippen molar-refractivity contribution in [3.63, 3.8) is 0 Å². The van der Waals surface area contributed by atoms with Crippen LogP contribution >= 0.6 is 18.5 Å². The molecule has 40 heavy (non-hydrogen) atoms. The highest BCUT2D eigenvalue weighted by Crippen LogP contribution is 2.57. The van der Waals surface area contributed by atoms with Gasteiger partial charge in [-0.05, 0) is 63.9 Å². The molecule has 1 heterocycles. The lowest BCUT2D eigenvalue weighted by Gasteiger charge is -2.33. The van der Waals surface area contributed by atoms with Crippen molar-refractivity contribution in [2.75, 3.05) is 0 Å². The Balaban J connectivity index is 1.59. The molecule has 3 aromatic carbocycles. The van der Waals surface area contributed by atoms with Crippen LogP contribution in [0.4, 0.5) is 0 Å². The van der Waals surface area contributed by atoms with Gasteiger partial charge in [-0.2, -0.15) is 0 Å². The van der Waals surface area contributed by atoms with Crippen LogP contribution in [0.3, 0.4) is 0 Å². The Morgan fingerprint density at radius 2 is 1.05 bits per heavy atom. The van der Waals surface area contributed by atoms with Crippen molar-refractivity contribution in [3.8, 4) is 22.3 Å². The zero-order valence-corrected chi connectivity index (χ0v) is 27.5. The largest absolute Gasteiger partial charge is 0.218 e. The van der Waals surface area contributed by atoms with Crippen LogP contribution in [-0.4, -0.2) is 8.42 Å². The highest BCUT2D eigenvalue weighted by molar-refractivity contribution is 7.92. The van der Waals surface area contributed by atoms with Gasteiger partial charge in [-0.15, -0.1) is 18.5 Å². The maximum absolute atomic E-state index is 13.7. The topological polar surface area (TPSA) is 34.1 Å². The number of rotatable bonds is 14. The molecule has 0 amide bonds. The van der Waals surface area contributed by atoms with E-state index in [4.69, 9.17) is 0 Å². The summed E-state index contributed by atoms with van der Waals surface area (Å²) in [4.78, 5) is 0.935. The predicted octanol–water partition coefficient (Wildman–Crippen LogP) is 9.27. The second-order valence-corrected chi connectivity index (χ2v) is 15.3. The quantitative estimate of drug-likeness (QED) is 0.108. The highest BCUT2D eigenvalue weighted by Gasteiger charge is 2.45. The summed E-state index contributed by atoms with van der Waals surface area (Å²) in [6.07, 6.45) is 17.7. The second-order valence-electron chi connectivity index (χ2n) is 12.1. The zero-order chi connectivity index (χ0) is 28.3. The van der Waals surface area contributed by atoms with E-state index in [1.165, 1.54) is 99.0 Å². The zero-order valence-electron chi connectivity index (χ0n) is 24.4. The van der Waals surface area contributed by atoms with Gasteiger partial charge in [-0.1, -0.05) is 121 Å². The SMILES string of the molecule is CCCCCCCCC1(CCCCCCCC)c2cc(P)ccc2-c2cc3c(cc21)-c1ccc(P)cc1S3(=O)=O. The summed E-state index contributed by atoms with van der Waals surface area (Å²) in [5, 5.41) is 2.11. The van der Waals surface area contributed by atoms with E-state index < -0.39 is 9.84 Å². The van der Waals surface area contributed by atoms with Crippen LogP contribution in [-0.2, 0) is 15.3 Å². The molecule has 2 nitrogen and oxygen atoms in total. The van der Waals surface area contributed by atoms with Crippen LogP contribution in [0.25, 0.3) is 22.3 Å². The minimum Gasteiger partial charge on any atom is -0.218 e. The van der Waals surface area contributed by atoms with Crippen molar-refractivity contribution in [1.82, 2.24) is 0 Å². The van der Waals surface area contributed by atoms with Gasteiger partial charge in [0, 0.05) is 16.5 Å². The molecule has 0 aromatic heterocycles. The maximum Gasteiger partial charge on any atom is 0.207 e. The lowest BCUT2D eigenvalue weighted by atomic mass is 9.70. The number of unbranched alkanes of at least 4 members (excludes halogenated alkanes) is 10. The van der Waals surface area contributed by atoms with Crippen molar-refractivity contribution >= 4 is 38.9 Å². The Kier molecular flexibility index (Phi) is 9.56. The highest BCUT2D eigenvalue weighted by atomic mass is 32.2. The van der Waals surface area contributed by atoms with Crippen LogP contribution in [0.15, 0.2) is 58.3 Å². The minimum absolute atomic E-state index is 0.0607. The summed E-state index contributed by atoms with van der Waals surface area (Å²) in [6.45, 7) is 4.55. The van der Waals surface area contributed by atoms with E-state index in [0.717, 1.165) is 34.8 Å². The molecule has 0 saturated carbocycles. The minimum atomic E-state index is -3.53. The fourth-order valence-corrected chi connectivity index (χ4v) is 9.52. The van der Waals surface area contributed by atoms with Gasteiger partial charge < -0.3 is 0 Å². The van der Waals surface area contributed by atoms with E-state index in [1.807, 2.05) is 24.3 Å². The maximum atomic E-state index is 13.7. The van der Waals surface area contributed by atoms with E-state index in [9.17, 15) is 8.42 Å². The molecule has 1 aliphatic heterocycles. The standard InChI is InChI=1S/C35H46O2P2S/c1-3-5-7-9-11-13-19-35(20-14-12-10-8-6-4-2)31-21-25(38)15-17-27(31)29-24-34-30(23-32(29)35)28-18-16-26(39)22-33(28)40(34,36)37/h15-18,21-24H,3-14,19-20,38-39H2,1-2H3. The third-order valence-electron chi connectivity index (χ3n) is 9.27. The first-order chi connectivity index (χ1) is 19.3. The van der Waals surface area contributed by atoms with Gasteiger partial charge in [0.2, 0.25) is 9.84 Å². The molecule has 5 rings (SSSR count). The summed E-state index contributed by atoms with van der Waals surface area (Å²) in [6, 6.07) is 16.9. The van der Waals surface area contributed by atoms with E-state index >= 15 is 0 Å². The van der Waals surface area contributed by atoms with Crippen molar-refractivity contribution in [3.05, 3.63) is 59.7 Å². The van der Waals surface area contributed by atoms with Gasteiger partial charge in [0.05, 0.1) is 9.79 Å². The predicted molar refractivity (Wildman–Crippen MR) is 178 cm³/mol. The molecule has 5 heteroatoms. The molecule has 0 radical (unpaired) electrons. The average Bonchev–Trinajstić information content (AvgIpc) is 3.32. The molecular weight excluding hydrogens is 546 g/mol. The van der Waals surface area contributed by atoms with Gasteiger partial charge in [0.1, 0.15) is 0 Å². The molecule has 3 aromatic rings. The van der Waals surface area contributed by atoms with Crippen molar-refractivity contribution < 1.29 is 8.42 Å². The normalized spacial score (nSPS) is 15.5. The molecular formula is C35H46O2P2S. The number of hydrogen-bond acceptors (Lipinski definition) is 2.